The van der Waals surface area contributed by atoms with E-state index in [2.05, 4.69) is 18.8 Å². The van der Waals surface area contributed by atoms with E-state index < -0.39 is 0 Å². The van der Waals surface area contributed by atoms with E-state index >= 15 is 0 Å². The van der Waals surface area contributed by atoms with Crippen LogP contribution in [0.25, 0.3) is 10.8 Å². The summed E-state index contributed by atoms with van der Waals surface area (Å²) in [6, 6.07) is 1.99. The normalized spacial score (nSPS) is 11.4. The van der Waals surface area contributed by atoms with E-state index in [1.165, 1.54) is 0 Å². The highest BCUT2D eigenvalue weighted by atomic mass is 16.1. The Balaban J connectivity index is 2.84. The Labute approximate surface area is 82.4 Å². The summed E-state index contributed by atoms with van der Waals surface area (Å²) in [5, 5.41) is 1.82. The number of H-pyrrole nitrogens is 1. The third kappa shape index (κ3) is 1.16. The monoisotopic (exact) mass is 190 g/mol. The number of nitrogens with zero attached hydrogens (tertiary/aromatic N) is 1. The second-order valence-electron chi connectivity index (χ2n) is 3.92. The van der Waals surface area contributed by atoms with Crippen molar-refractivity contribution in [3.63, 3.8) is 0 Å². The Morgan fingerprint density at radius 1 is 1.36 bits per heavy atom. The third-order valence-corrected chi connectivity index (χ3v) is 2.55. The zero-order valence-corrected chi connectivity index (χ0v) is 8.66. The van der Waals surface area contributed by atoms with Gasteiger partial charge in [-0.05, 0) is 12.0 Å². The number of aryl methyl sites for hydroxylation is 1. The van der Waals surface area contributed by atoms with Gasteiger partial charge < -0.3 is 9.55 Å². The lowest BCUT2D eigenvalue weighted by Gasteiger charge is -2.02. The Morgan fingerprint density at radius 3 is 2.71 bits per heavy atom. The number of pyridine rings is 1. The van der Waals surface area contributed by atoms with Crippen LogP contribution in [0.2, 0.25) is 0 Å². The SMILES string of the molecule is CC(C)c1[nH]cc2c(=O)n(C)ccc12. The first-order chi connectivity index (χ1) is 6.61. The highest BCUT2D eigenvalue weighted by molar-refractivity contribution is 5.84. The van der Waals surface area contributed by atoms with Gasteiger partial charge in [0, 0.05) is 30.5 Å². The maximum absolute atomic E-state index is 11.7. The zero-order valence-electron chi connectivity index (χ0n) is 8.66. The number of aromatic amines is 1. The second-order valence-corrected chi connectivity index (χ2v) is 3.92. The van der Waals surface area contributed by atoms with E-state index in [9.17, 15) is 4.79 Å². The maximum Gasteiger partial charge on any atom is 0.259 e. The van der Waals surface area contributed by atoms with Crippen LogP contribution in [0.4, 0.5) is 0 Å². The molecule has 0 bridgehead atoms. The fraction of sp³-hybridized carbons (Fsp3) is 0.364. The van der Waals surface area contributed by atoms with Crippen LogP contribution < -0.4 is 5.56 Å². The molecule has 0 unspecified atom stereocenters. The summed E-state index contributed by atoms with van der Waals surface area (Å²) in [6.07, 6.45) is 3.61. The molecule has 2 rings (SSSR count). The average molecular weight is 190 g/mol. The van der Waals surface area contributed by atoms with Crippen molar-refractivity contribution in [3.05, 3.63) is 34.5 Å². The van der Waals surface area contributed by atoms with Crippen LogP contribution in [-0.2, 0) is 7.05 Å². The number of rotatable bonds is 1. The Hall–Kier alpha value is -1.51. The molecule has 1 N–H and O–H groups in total. The van der Waals surface area contributed by atoms with Crippen LogP contribution in [0.5, 0.6) is 0 Å². The minimum atomic E-state index is 0.0608. The van der Waals surface area contributed by atoms with E-state index in [1.54, 1.807) is 17.8 Å². The highest BCUT2D eigenvalue weighted by Gasteiger charge is 2.09. The molecular weight excluding hydrogens is 176 g/mol. The van der Waals surface area contributed by atoms with Gasteiger partial charge in [0.2, 0.25) is 0 Å². The van der Waals surface area contributed by atoms with E-state index in [0.29, 0.717) is 5.92 Å². The first-order valence-electron chi connectivity index (χ1n) is 4.78. The number of hydrogen-bond donors (Lipinski definition) is 1. The van der Waals surface area contributed by atoms with Crippen molar-refractivity contribution in [3.8, 4) is 0 Å². The highest BCUT2D eigenvalue weighted by Crippen LogP contribution is 2.21. The largest absolute Gasteiger partial charge is 0.363 e. The van der Waals surface area contributed by atoms with Crippen LogP contribution >= 0.6 is 0 Å². The van der Waals surface area contributed by atoms with Crippen LogP contribution in [0, 0.1) is 0 Å². The molecule has 0 spiro atoms. The molecular formula is C11H14N2O. The molecule has 0 amide bonds. The van der Waals surface area contributed by atoms with E-state index in [4.69, 9.17) is 0 Å². The second kappa shape index (κ2) is 3.01. The van der Waals surface area contributed by atoms with Gasteiger partial charge in [-0.3, -0.25) is 4.79 Å². The Morgan fingerprint density at radius 2 is 2.07 bits per heavy atom. The number of nitrogens with one attached hydrogen (secondary N) is 1. The van der Waals surface area contributed by atoms with Crippen molar-refractivity contribution in [2.45, 2.75) is 19.8 Å². The van der Waals surface area contributed by atoms with E-state index in [1.807, 2.05) is 12.3 Å². The van der Waals surface area contributed by atoms with Crippen molar-refractivity contribution >= 4 is 10.8 Å². The molecule has 2 aromatic heterocycles. The molecule has 0 aliphatic rings. The van der Waals surface area contributed by atoms with Gasteiger partial charge in [0.1, 0.15) is 0 Å². The molecule has 14 heavy (non-hydrogen) atoms. The van der Waals surface area contributed by atoms with Gasteiger partial charge >= 0.3 is 0 Å². The molecule has 0 saturated heterocycles. The molecule has 0 aliphatic heterocycles. The summed E-state index contributed by atoms with van der Waals surface area (Å²) in [6.45, 7) is 4.23. The van der Waals surface area contributed by atoms with Gasteiger partial charge in [-0.25, -0.2) is 0 Å². The fourth-order valence-corrected chi connectivity index (χ4v) is 1.73. The van der Waals surface area contributed by atoms with Crippen molar-refractivity contribution in [1.82, 2.24) is 9.55 Å². The Bertz CT molecular complexity index is 520. The van der Waals surface area contributed by atoms with Crippen molar-refractivity contribution in [1.29, 1.82) is 0 Å². The molecule has 0 fully saturated rings. The molecule has 0 aromatic carbocycles. The summed E-state index contributed by atoms with van der Waals surface area (Å²) in [5.74, 6) is 0.416. The topological polar surface area (TPSA) is 37.8 Å². The quantitative estimate of drug-likeness (QED) is 0.733. The summed E-state index contributed by atoms with van der Waals surface area (Å²) in [5.41, 5.74) is 1.20. The smallest absolute Gasteiger partial charge is 0.259 e. The summed E-state index contributed by atoms with van der Waals surface area (Å²) < 4.78 is 1.60. The minimum Gasteiger partial charge on any atom is -0.363 e. The number of fused-ring (bicyclic) bond motifs is 1. The lowest BCUT2D eigenvalue weighted by atomic mass is 10.1. The third-order valence-electron chi connectivity index (χ3n) is 2.55. The fourth-order valence-electron chi connectivity index (χ4n) is 1.73. The summed E-state index contributed by atoms with van der Waals surface area (Å²) in [4.78, 5) is 14.9. The van der Waals surface area contributed by atoms with Crippen molar-refractivity contribution in [2.24, 2.45) is 7.05 Å². The Kier molecular flexibility index (Phi) is 1.95. The van der Waals surface area contributed by atoms with Crippen LogP contribution in [0.1, 0.15) is 25.5 Å². The maximum atomic E-state index is 11.7. The predicted molar refractivity (Wildman–Crippen MR) is 57.6 cm³/mol. The molecule has 2 aromatic rings. The predicted octanol–water partition coefficient (Wildman–Crippen LogP) is 1.99. The van der Waals surface area contributed by atoms with Gasteiger partial charge in [0.05, 0.1) is 5.39 Å². The number of aromatic nitrogens is 2. The molecule has 3 heteroatoms. The van der Waals surface area contributed by atoms with Crippen LogP contribution in [0.15, 0.2) is 23.3 Å². The molecule has 0 radical (unpaired) electrons. The summed E-state index contributed by atoms with van der Waals surface area (Å²) in [7, 11) is 1.77. The first kappa shape index (κ1) is 9.06. The lowest BCUT2D eigenvalue weighted by Crippen LogP contribution is -2.14. The van der Waals surface area contributed by atoms with Crippen molar-refractivity contribution in [2.75, 3.05) is 0 Å². The standard InChI is InChI=1S/C11H14N2O/c1-7(2)10-8-4-5-13(3)11(14)9(8)6-12-10/h4-7,12H,1-3H3. The molecule has 3 nitrogen and oxygen atoms in total. The van der Waals surface area contributed by atoms with E-state index in [-0.39, 0.29) is 5.56 Å². The lowest BCUT2D eigenvalue weighted by molar-refractivity contribution is 0.839. The molecule has 2 heterocycles. The molecule has 0 aliphatic carbocycles. The zero-order chi connectivity index (χ0) is 10.3. The molecule has 0 atom stereocenters. The average Bonchev–Trinajstić information content (AvgIpc) is 2.55. The van der Waals surface area contributed by atoms with Gasteiger partial charge in [-0.2, -0.15) is 0 Å². The van der Waals surface area contributed by atoms with Crippen LogP contribution in [-0.4, -0.2) is 9.55 Å². The minimum absolute atomic E-state index is 0.0608. The van der Waals surface area contributed by atoms with Gasteiger partial charge in [-0.1, -0.05) is 13.8 Å². The summed E-state index contributed by atoms with van der Waals surface area (Å²) >= 11 is 0. The van der Waals surface area contributed by atoms with E-state index in [0.717, 1.165) is 16.5 Å². The van der Waals surface area contributed by atoms with Gasteiger partial charge in [-0.15, -0.1) is 0 Å². The van der Waals surface area contributed by atoms with Crippen molar-refractivity contribution < 1.29 is 0 Å². The molecule has 0 saturated carbocycles. The van der Waals surface area contributed by atoms with Gasteiger partial charge in [0.15, 0.2) is 0 Å². The first-order valence-corrected chi connectivity index (χ1v) is 4.78. The van der Waals surface area contributed by atoms with Crippen LogP contribution in [0.3, 0.4) is 0 Å². The molecule has 74 valence electrons. The number of hydrogen-bond acceptors (Lipinski definition) is 1. The van der Waals surface area contributed by atoms with Gasteiger partial charge in [0.25, 0.3) is 5.56 Å².